The van der Waals surface area contributed by atoms with Gasteiger partial charge in [0, 0.05) is 24.8 Å². The lowest BCUT2D eigenvalue weighted by Gasteiger charge is -2.28. The number of aromatic nitrogens is 1. The average molecular weight is 544 g/mol. The molecule has 1 fully saturated rings. The van der Waals surface area contributed by atoms with Crippen LogP contribution in [0.3, 0.4) is 0 Å². The highest BCUT2D eigenvalue weighted by molar-refractivity contribution is 7.91. The number of hydrogen-bond donors (Lipinski definition) is 1. The smallest absolute Gasteiger partial charge is 0.350 e. The number of carbonyl (C=O) groups is 1. The summed E-state index contributed by atoms with van der Waals surface area (Å²) in [6.07, 6.45) is -2.18. The minimum Gasteiger partial charge on any atom is -0.350 e. The molecule has 186 valence electrons. The van der Waals surface area contributed by atoms with Gasteiger partial charge < -0.3 is 5.32 Å². The van der Waals surface area contributed by atoms with Crippen LogP contribution in [-0.4, -0.2) is 35.7 Å². The number of likely N-dealkylation sites (N-methyl/N-ethyl adjacent to an activating group) is 1. The van der Waals surface area contributed by atoms with Gasteiger partial charge in [-0.15, -0.1) is 11.3 Å². The maximum absolute atomic E-state index is 13.2. The Balaban J connectivity index is 1.53. The first-order valence-corrected chi connectivity index (χ1v) is 13.3. The van der Waals surface area contributed by atoms with Crippen LogP contribution in [0.15, 0.2) is 58.9 Å². The number of sulfonamides is 1. The number of benzene rings is 1. The van der Waals surface area contributed by atoms with E-state index in [9.17, 15) is 26.4 Å². The van der Waals surface area contributed by atoms with E-state index in [1.807, 2.05) is 0 Å². The van der Waals surface area contributed by atoms with E-state index in [2.05, 4.69) is 10.3 Å². The molecule has 0 radical (unpaired) electrons. The van der Waals surface area contributed by atoms with E-state index in [0.29, 0.717) is 34.0 Å². The van der Waals surface area contributed by atoms with Crippen LogP contribution in [0.25, 0.3) is 11.3 Å². The second-order valence-electron chi connectivity index (χ2n) is 8.03. The van der Waals surface area contributed by atoms with Gasteiger partial charge in [0.2, 0.25) is 5.91 Å². The molecule has 35 heavy (non-hydrogen) atoms. The van der Waals surface area contributed by atoms with Gasteiger partial charge in [0.25, 0.3) is 10.0 Å². The van der Waals surface area contributed by atoms with Crippen LogP contribution in [0.2, 0.25) is 4.34 Å². The number of nitrogens with one attached hydrogen (secondary N) is 1. The van der Waals surface area contributed by atoms with E-state index in [0.717, 1.165) is 23.5 Å². The van der Waals surface area contributed by atoms with Crippen LogP contribution < -0.4 is 5.32 Å². The lowest BCUT2D eigenvalue weighted by molar-refractivity contribution is -0.137. The monoisotopic (exact) mass is 543 g/mol. The first-order valence-electron chi connectivity index (χ1n) is 10.7. The Morgan fingerprint density at radius 3 is 2.40 bits per heavy atom. The third kappa shape index (κ3) is 5.09. The summed E-state index contributed by atoms with van der Waals surface area (Å²) in [6.45, 7) is 1.81. The average Bonchev–Trinajstić information content (AvgIpc) is 3.49. The van der Waals surface area contributed by atoms with Gasteiger partial charge in [0.05, 0.1) is 15.6 Å². The number of pyridine rings is 1. The number of thiophene rings is 1. The van der Waals surface area contributed by atoms with Crippen LogP contribution >= 0.6 is 22.9 Å². The van der Waals surface area contributed by atoms with Crippen LogP contribution in [0.4, 0.5) is 13.2 Å². The lowest BCUT2D eigenvalue weighted by atomic mass is 10.0. The highest BCUT2D eigenvalue weighted by atomic mass is 35.5. The van der Waals surface area contributed by atoms with Crippen LogP contribution in [0.1, 0.15) is 30.9 Å². The van der Waals surface area contributed by atoms with Crippen molar-refractivity contribution in [1.82, 2.24) is 14.6 Å². The number of halogens is 4. The van der Waals surface area contributed by atoms with Crippen molar-refractivity contribution in [3.05, 3.63) is 70.2 Å². The number of alkyl halides is 3. The van der Waals surface area contributed by atoms with Gasteiger partial charge in [0.1, 0.15) is 9.75 Å². The largest absolute Gasteiger partial charge is 0.416 e. The summed E-state index contributed by atoms with van der Waals surface area (Å²) in [6, 6.07) is 10.9. The molecule has 1 aliphatic rings. The van der Waals surface area contributed by atoms with Gasteiger partial charge in [-0.3, -0.25) is 9.78 Å². The number of hydrogen-bond acceptors (Lipinski definition) is 5. The van der Waals surface area contributed by atoms with Crippen molar-refractivity contribution < 1.29 is 26.4 Å². The van der Waals surface area contributed by atoms with Gasteiger partial charge in [-0.1, -0.05) is 36.7 Å². The normalized spacial score (nSPS) is 15.3. The van der Waals surface area contributed by atoms with Crippen molar-refractivity contribution in [2.45, 2.75) is 42.2 Å². The minimum atomic E-state index is -4.45. The maximum atomic E-state index is 13.2. The van der Waals surface area contributed by atoms with Crippen molar-refractivity contribution in [2.24, 2.45) is 0 Å². The summed E-state index contributed by atoms with van der Waals surface area (Å²) in [4.78, 5) is 17.5. The molecular weight excluding hydrogens is 523 g/mol. The van der Waals surface area contributed by atoms with Gasteiger partial charge >= 0.3 is 6.18 Å². The van der Waals surface area contributed by atoms with Gasteiger partial charge in [-0.2, -0.15) is 17.5 Å². The zero-order chi connectivity index (χ0) is 25.4. The van der Waals surface area contributed by atoms with E-state index in [4.69, 9.17) is 11.6 Å². The molecule has 1 aliphatic carbocycles. The molecule has 0 spiro atoms. The summed E-state index contributed by atoms with van der Waals surface area (Å²) in [5.74, 6) is -0.437. The Morgan fingerprint density at radius 1 is 1.17 bits per heavy atom. The molecule has 2 aromatic heterocycles. The highest BCUT2D eigenvalue weighted by Gasteiger charge is 2.58. The molecule has 1 amide bonds. The number of amides is 1. The van der Waals surface area contributed by atoms with Crippen molar-refractivity contribution in [2.75, 3.05) is 6.54 Å². The molecule has 4 rings (SSSR count). The Labute approximate surface area is 209 Å². The molecule has 0 saturated heterocycles. The molecule has 1 aromatic carbocycles. The molecule has 3 aromatic rings. The van der Waals surface area contributed by atoms with E-state index >= 15 is 0 Å². The third-order valence-corrected chi connectivity index (χ3v) is 9.56. The second kappa shape index (κ2) is 9.53. The molecule has 12 heteroatoms. The zero-order valence-corrected chi connectivity index (χ0v) is 20.9. The first-order chi connectivity index (χ1) is 16.5. The quantitative estimate of drug-likeness (QED) is 0.416. The maximum Gasteiger partial charge on any atom is 0.416 e. The van der Waals surface area contributed by atoms with Crippen molar-refractivity contribution in [3.63, 3.8) is 0 Å². The van der Waals surface area contributed by atoms with E-state index in [1.165, 1.54) is 34.8 Å². The standard InChI is InChI=1S/C23H21ClF3N3O3S2/c1-2-30(35(32,33)19-10-9-18(24)34-19)22(11-12-22)21(31)29-14-16-4-3-13-28-20(16)15-5-7-17(8-6-15)23(25,26)27/h3-10,13H,2,11-12,14H2,1H3,(H,29,31). The Bertz CT molecular complexity index is 1340. The molecular formula is C23H21ClF3N3O3S2. The number of nitrogens with zero attached hydrogens (tertiary/aromatic N) is 2. The minimum absolute atomic E-state index is 0.0349. The Morgan fingerprint density at radius 2 is 1.86 bits per heavy atom. The zero-order valence-electron chi connectivity index (χ0n) is 18.5. The number of rotatable bonds is 8. The van der Waals surface area contributed by atoms with Crippen LogP contribution in [0, 0.1) is 0 Å². The van der Waals surface area contributed by atoms with Gasteiger partial charge in [-0.05, 0) is 48.7 Å². The van der Waals surface area contributed by atoms with Crippen LogP contribution in [-0.2, 0) is 27.5 Å². The lowest BCUT2D eigenvalue weighted by Crippen LogP contribution is -2.51. The fourth-order valence-electron chi connectivity index (χ4n) is 3.95. The van der Waals surface area contributed by atoms with Crippen LogP contribution in [0.5, 0.6) is 0 Å². The van der Waals surface area contributed by atoms with Crippen molar-refractivity contribution in [1.29, 1.82) is 0 Å². The summed E-state index contributed by atoms with van der Waals surface area (Å²) < 4.78 is 66.7. The Kier molecular flexibility index (Phi) is 6.98. The molecule has 6 nitrogen and oxygen atoms in total. The molecule has 1 saturated carbocycles. The predicted molar refractivity (Wildman–Crippen MR) is 127 cm³/mol. The molecule has 0 unspecified atom stereocenters. The molecule has 0 bridgehead atoms. The molecule has 0 aliphatic heterocycles. The predicted octanol–water partition coefficient (Wildman–Crippen LogP) is 5.34. The van der Waals surface area contributed by atoms with E-state index < -0.39 is 33.2 Å². The topological polar surface area (TPSA) is 79.4 Å². The summed E-state index contributed by atoms with van der Waals surface area (Å²) >= 11 is 6.85. The molecule has 2 heterocycles. The van der Waals surface area contributed by atoms with Crippen molar-refractivity contribution in [3.8, 4) is 11.3 Å². The van der Waals surface area contributed by atoms with Crippen molar-refractivity contribution >= 4 is 38.9 Å². The van der Waals surface area contributed by atoms with E-state index in [1.54, 1.807) is 19.1 Å². The first kappa shape index (κ1) is 25.6. The highest BCUT2D eigenvalue weighted by Crippen LogP contribution is 2.45. The SMILES string of the molecule is CCN(C1(C(=O)NCc2cccnc2-c2ccc(C(F)(F)F)cc2)CC1)S(=O)(=O)c1ccc(Cl)s1. The third-order valence-electron chi connectivity index (χ3n) is 5.82. The second-order valence-corrected chi connectivity index (χ2v) is 11.8. The summed E-state index contributed by atoms with van der Waals surface area (Å²) in [7, 11) is -3.92. The fraction of sp³-hybridized carbons (Fsp3) is 0.304. The van der Waals surface area contributed by atoms with Gasteiger partial charge in [-0.25, -0.2) is 8.42 Å². The van der Waals surface area contributed by atoms with Gasteiger partial charge in [0.15, 0.2) is 0 Å². The molecule has 1 N–H and O–H groups in total. The number of carbonyl (C=O) groups excluding carboxylic acids is 1. The molecule has 0 atom stereocenters. The van der Waals surface area contributed by atoms with E-state index in [-0.39, 0.29) is 17.3 Å². The Hall–Kier alpha value is -2.47. The summed E-state index contributed by atoms with van der Waals surface area (Å²) in [5, 5.41) is 2.80. The fourth-order valence-corrected chi connectivity index (χ4v) is 7.35. The summed E-state index contributed by atoms with van der Waals surface area (Å²) in [5.41, 5.74) is -0.473.